The van der Waals surface area contributed by atoms with Gasteiger partial charge in [-0.05, 0) is 23.1 Å². The maximum Gasteiger partial charge on any atom is 0.121 e. The van der Waals surface area contributed by atoms with E-state index in [1.165, 1.54) is 5.39 Å². The molecular formula is C24H17N3. The van der Waals surface area contributed by atoms with Crippen LogP contribution in [0, 0.1) is 0 Å². The van der Waals surface area contributed by atoms with Gasteiger partial charge in [0, 0.05) is 10.9 Å². The van der Waals surface area contributed by atoms with E-state index in [1.54, 1.807) is 4.80 Å². The first-order valence-corrected chi connectivity index (χ1v) is 8.96. The van der Waals surface area contributed by atoms with Crippen LogP contribution in [0.25, 0.3) is 39.6 Å². The summed E-state index contributed by atoms with van der Waals surface area (Å²) in [5.41, 5.74) is 5.03. The van der Waals surface area contributed by atoms with Crippen molar-refractivity contribution in [3.63, 3.8) is 0 Å². The summed E-state index contributed by atoms with van der Waals surface area (Å²) in [5.74, 6) is 0. The molecule has 0 saturated carbocycles. The summed E-state index contributed by atoms with van der Waals surface area (Å²) in [7, 11) is 0. The number of fused-ring (bicyclic) bond motifs is 3. The quantitative estimate of drug-likeness (QED) is 0.389. The second kappa shape index (κ2) is 6.54. The second-order valence-electron chi connectivity index (χ2n) is 6.45. The number of benzene rings is 4. The van der Waals surface area contributed by atoms with Crippen LogP contribution in [0.1, 0.15) is 11.1 Å². The van der Waals surface area contributed by atoms with E-state index in [-0.39, 0.29) is 0 Å². The van der Waals surface area contributed by atoms with E-state index in [2.05, 4.69) is 48.6 Å². The summed E-state index contributed by atoms with van der Waals surface area (Å²) >= 11 is 0. The Bertz CT molecular complexity index is 1270. The zero-order valence-corrected chi connectivity index (χ0v) is 14.7. The second-order valence-corrected chi connectivity index (χ2v) is 6.45. The molecule has 0 amide bonds. The molecular weight excluding hydrogens is 330 g/mol. The van der Waals surface area contributed by atoms with Gasteiger partial charge in [-0.1, -0.05) is 91.0 Å². The molecule has 0 saturated heterocycles. The third kappa shape index (κ3) is 2.89. The van der Waals surface area contributed by atoms with Gasteiger partial charge in [-0.3, -0.25) is 0 Å². The lowest BCUT2D eigenvalue weighted by atomic mass is 10.1. The monoisotopic (exact) mass is 347 g/mol. The molecule has 0 aliphatic heterocycles. The molecule has 4 aromatic carbocycles. The fraction of sp³-hybridized carbons (Fsp3) is 0. The van der Waals surface area contributed by atoms with Crippen LogP contribution in [0.5, 0.6) is 0 Å². The van der Waals surface area contributed by atoms with Gasteiger partial charge in [0.15, 0.2) is 0 Å². The fourth-order valence-electron chi connectivity index (χ4n) is 3.32. The van der Waals surface area contributed by atoms with Crippen molar-refractivity contribution in [1.82, 2.24) is 15.0 Å². The molecule has 1 heterocycles. The molecule has 0 N–H and O–H groups in total. The number of aromatic nitrogens is 3. The maximum atomic E-state index is 4.80. The molecule has 0 bridgehead atoms. The van der Waals surface area contributed by atoms with Crippen molar-refractivity contribution in [2.45, 2.75) is 0 Å². The van der Waals surface area contributed by atoms with Gasteiger partial charge < -0.3 is 0 Å². The van der Waals surface area contributed by atoms with Crippen molar-refractivity contribution >= 4 is 34.0 Å². The first-order valence-electron chi connectivity index (χ1n) is 8.96. The Labute approximate surface area is 157 Å². The third-order valence-corrected chi connectivity index (χ3v) is 4.68. The molecule has 0 radical (unpaired) electrons. The molecule has 0 aliphatic rings. The highest BCUT2D eigenvalue weighted by Gasteiger charge is 2.10. The number of hydrogen-bond acceptors (Lipinski definition) is 2. The van der Waals surface area contributed by atoms with E-state index in [0.29, 0.717) is 0 Å². The minimum Gasteiger partial charge on any atom is -0.150 e. The average Bonchev–Trinajstić information content (AvgIpc) is 3.18. The molecule has 128 valence electrons. The molecule has 3 nitrogen and oxygen atoms in total. The minimum absolute atomic E-state index is 0.899. The van der Waals surface area contributed by atoms with Crippen LogP contribution >= 0.6 is 0 Å². The Morgan fingerprint density at radius 3 is 2.33 bits per heavy atom. The SMILES string of the molecule is C(=Cc1ccccc1-n1nc2ccc3ccccc3c2n1)c1ccccc1. The van der Waals surface area contributed by atoms with Gasteiger partial charge in [0.2, 0.25) is 0 Å². The molecule has 5 aromatic rings. The van der Waals surface area contributed by atoms with Crippen LogP contribution in [0.3, 0.4) is 0 Å². The van der Waals surface area contributed by atoms with Gasteiger partial charge in [-0.2, -0.15) is 0 Å². The first-order chi connectivity index (χ1) is 13.4. The highest BCUT2D eigenvalue weighted by Crippen LogP contribution is 2.24. The van der Waals surface area contributed by atoms with Crippen molar-refractivity contribution in [1.29, 1.82) is 0 Å². The van der Waals surface area contributed by atoms with Crippen LogP contribution in [0.2, 0.25) is 0 Å². The topological polar surface area (TPSA) is 30.7 Å². The standard InChI is InChI=1S/C24H17N3/c1-2-8-18(9-3-1)14-15-20-11-5-7-13-23(20)27-25-22-17-16-19-10-4-6-12-21(19)24(22)26-27/h1-17H. The summed E-state index contributed by atoms with van der Waals surface area (Å²) in [6, 6.07) is 30.9. The van der Waals surface area contributed by atoms with E-state index in [1.807, 2.05) is 54.6 Å². The van der Waals surface area contributed by atoms with Crippen molar-refractivity contribution in [2.75, 3.05) is 0 Å². The molecule has 5 rings (SSSR count). The molecule has 3 heteroatoms. The molecule has 1 aromatic heterocycles. The molecule has 0 fully saturated rings. The van der Waals surface area contributed by atoms with Crippen molar-refractivity contribution in [3.05, 3.63) is 102 Å². The fourth-order valence-corrected chi connectivity index (χ4v) is 3.32. The van der Waals surface area contributed by atoms with E-state index in [9.17, 15) is 0 Å². The number of rotatable bonds is 3. The van der Waals surface area contributed by atoms with E-state index in [0.717, 1.165) is 33.2 Å². The first kappa shape index (κ1) is 15.5. The lowest BCUT2D eigenvalue weighted by Crippen LogP contribution is -2.00. The summed E-state index contributed by atoms with van der Waals surface area (Å²) in [6.45, 7) is 0. The number of hydrogen-bond donors (Lipinski definition) is 0. The lowest BCUT2D eigenvalue weighted by molar-refractivity contribution is 0.765. The lowest BCUT2D eigenvalue weighted by Gasteiger charge is -2.04. The van der Waals surface area contributed by atoms with Crippen LogP contribution in [-0.4, -0.2) is 15.0 Å². The molecule has 0 aliphatic carbocycles. The van der Waals surface area contributed by atoms with Gasteiger partial charge in [-0.25, -0.2) is 0 Å². The van der Waals surface area contributed by atoms with Crippen LogP contribution in [0.15, 0.2) is 91.0 Å². The summed E-state index contributed by atoms with van der Waals surface area (Å²) in [6.07, 6.45) is 4.22. The predicted molar refractivity (Wildman–Crippen MR) is 112 cm³/mol. The van der Waals surface area contributed by atoms with Crippen LogP contribution < -0.4 is 0 Å². The summed E-state index contributed by atoms with van der Waals surface area (Å²) < 4.78 is 0. The Morgan fingerprint density at radius 2 is 1.41 bits per heavy atom. The zero-order valence-electron chi connectivity index (χ0n) is 14.7. The van der Waals surface area contributed by atoms with Crippen molar-refractivity contribution in [3.8, 4) is 5.69 Å². The Morgan fingerprint density at radius 1 is 0.630 bits per heavy atom. The van der Waals surface area contributed by atoms with Crippen LogP contribution in [-0.2, 0) is 0 Å². The maximum absolute atomic E-state index is 4.80. The largest absolute Gasteiger partial charge is 0.150 e. The zero-order chi connectivity index (χ0) is 18.1. The summed E-state index contributed by atoms with van der Waals surface area (Å²) in [4.78, 5) is 1.74. The van der Waals surface area contributed by atoms with Crippen molar-refractivity contribution < 1.29 is 0 Å². The average molecular weight is 347 g/mol. The van der Waals surface area contributed by atoms with Gasteiger partial charge in [0.25, 0.3) is 0 Å². The molecule has 0 spiro atoms. The predicted octanol–water partition coefficient (Wildman–Crippen LogP) is 5.74. The highest BCUT2D eigenvalue weighted by molar-refractivity contribution is 6.03. The van der Waals surface area contributed by atoms with Crippen LogP contribution in [0.4, 0.5) is 0 Å². The van der Waals surface area contributed by atoms with E-state index in [4.69, 9.17) is 10.2 Å². The Kier molecular flexibility index (Phi) is 3.76. The number of para-hydroxylation sites is 1. The van der Waals surface area contributed by atoms with Gasteiger partial charge >= 0.3 is 0 Å². The Hall–Kier alpha value is -3.72. The summed E-state index contributed by atoms with van der Waals surface area (Å²) in [5, 5.41) is 11.8. The smallest absolute Gasteiger partial charge is 0.121 e. The molecule has 0 atom stereocenters. The van der Waals surface area contributed by atoms with Gasteiger partial charge in [0.1, 0.15) is 11.0 Å². The van der Waals surface area contributed by atoms with E-state index < -0.39 is 0 Å². The minimum atomic E-state index is 0.899. The normalized spacial score (nSPS) is 11.6. The third-order valence-electron chi connectivity index (χ3n) is 4.68. The Balaban J connectivity index is 1.63. The van der Waals surface area contributed by atoms with E-state index >= 15 is 0 Å². The van der Waals surface area contributed by atoms with Crippen molar-refractivity contribution in [2.24, 2.45) is 0 Å². The molecule has 0 unspecified atom stereocenters. The number of nitrogens with zero attached hydrogens (tertiary/aromatic N) is 3. The highest BCUT2D eigenvalue weighted by atomic mass is 15.5. The van der Waals surface area contributed by atoms with Gasteiger partial charge in [-0.15, -0.1) is 15.0 Å². The van der Waals surface area contributed by atoms with Gasteiger partial charge in [0.05, 0.1) is 5.69 Å². The molecule has 27 heavy (non-hydrogen) atoms.